The summed E-state index contributed by atoms with van der Waals surface area (Å²) in [6.07, 6.45) is -1.17. The fourth-order valence-electron chi connectivity index (χ4n) is 2.39. The second kappa shape index (κ2) is 8.54. The zero-order valence-electron chi connectivity index (χ0n) is 14.6. The summed E-state index contributed by atoms with van der Waals surface area (Å²) in [6, 6.07) is 8.62. The van der Waals surface area contributed by atoms with Crippen molar-refractivity contribution in [3.05, 3.63) is 66.5 Å². The van der Waals surface area contributed by atoms with Gasteiger partial charge in [-0.2, -0.15) is 0 Å². The number of anilines is 1. The summed E-state index contributed by atoms with van der Waals surface area (Å²) < 4.78 is 5.92. The number of rotatable bonds is 5. The van der Waals surface area contributed by atoms with Gasteiger partial charge in [-0.1, -0.05) is 40.9 Å². The highest BCUT2D eigenvalue weighted by molar-refractivity contribution is 7.21. The van der Waals surface area contributed by atoms with Crippen molar-refractivity contribution in [1.29, 1.82) is 0 Å². The molecule has 0 saturated heterocycles. The Kier molecular flexibility index (Phi) is 6.28. The molecule has 0 saturated carbocycles. The molecule has 0 aliphatic rings. The lowest BCUT2D eigenvalue weighted by Crippen LogP contribution is -2.30. The summed E-state index contributed by atoms with van der Waals surface area (Å²) in [6.45, 7) is 1.38. The van der Waals surface area contributed by atoms with Crippen LogP contribution >= 0.6 is 46.1 Å². The van der Waals surface area contributed by atoms with E-state index in [1.165, 1.54) is 19.1 Å². The first-order valence-corrected chi connectivity index (χ1v) is 9.95. The maximum absolute atomic E-state index is 12.5. The van der Waals surface area contributed by atoms with Gasteiger partial charge in [0.25, 0.3) is 11.6 Å². The summed E-state index contributed by atoms with van der Waals surface area (Å²) >= 11 is 19.3. The topological polar surface area (TPSA) is 98.5 Å². The number of hydrogen-bond acceptors (Lipinski definition) is 6. The molecule has 1 heterocycles. The Morgan fingerprint density at radius 3 is 2.55 bits per heavy atom. The number of esters is 1. The van der Waals surface area contributed by atoms with Crippen molar-refractivity contribution in [3.63, 3.8) is 0 Å². The predicted octanol–water partition coefficient (Wildman–Crippen LogP) is 5.95. The first-order chi connectivity index (χ1) is 13.7. The van der Waals surface area contributed by atoms with E-state index in [0.717, 1.165) is 17.4 Å². The number of fused-ring (bicyclic) bond motifs is 1. The van der Waals surface area contributed by atoms with Crippen LogP contribution in [0.5, 0.6) is 0 Å². The van der Waals surface area contributed by atoms with Gasteiger partial charge in [0.15, 0.2) is 6.10 Å². The third-order valence-corrected chi connectivity index (χ3v) is 6.04. The number of thiophene rings is 1. The number of nitro benzene ring substituents is 1. The van der Waals surface area contributed by atoms with Crippen LogP contribution in [0.1, 0.15) is 16.6 Å². The smallest absolute Gasteiger partial charge is 0.350 e. The van der Waals surface area contributed by atoms with Gasteiger partial charge < -0.3 is 10.1 Å². The summed E-state index contributed by atoms with van der Waals surface area (Å²) in [7, 11) is 0. The molecule has 1 amide bonds. The van der Waals surface area contributed by atoms with Crippen LogP contribution in [0.4, 0.5) is 11.4 Å². The molecule has 1 aromatic heterocycles. The molecule has 150 valence electrons. The number of benzene rings is 2. The minimum atomic E-state index is -1.17. The molecule has 0 spiro atoms. The van der Waals surface area contributed by atoms with E-state index in [1.807, 2.05) is 0 Å². The molecule has 7 nitrogen and oxygen atoms in total. The Bertz CT molecular complexity index is 1150. The van der Waals surface area contributed by atoms with E-state index in [1.54, 1.807) is 18.2 Å². The van der Waals surface area contributed by atoms with Crippen molar-refractivity contribution in [2.24, 2.45) is 0 Å². The minimum Gasteiger partial charge on any atom is -0.448 e. The molecule has 1 atom stereocenters. The van der Waals surface area contributed by atoms with Gasteiger partial charge >= 0.3 is 5.97 Å². The van der Waals surface area contributed by atoms with Crippen LogP contribution in [0.15, 0.2) is 36.4 Å². The van der Waals surface area contributed by atoms with Crippen molar-refractivity contribution in [2.45, 2.75) is 13.0 Å². The average molecular weight is 474 g/mol. The molecule has 0 aliphatic heterocycles. The maximum Gasteiger partial charge on any atom is 0.350 e. The van der Waals surface area contributed by atoms with E-state index in [4.69, 9.17) is 39.5 Å². The van der Waals surface area contributed by atoms with Crippen molar-refractivity contribution < 1.29 is 19.2 Å². The predicted molar refractivity (Wildman–Crippen MR) is 113 cm³/mol. The van der Waals surface area contributed by atoms with Crippen LogP contribution in [0.25, 0.3) is 10.1 Å². The SMILES string of the molecule is CC(OC(=O)c1sc2cc(Cl)ccc2c1Cl)C(=O)Nc1ccc([N+](=O)[O-])cc1Cl. The number of non-ortho nitro benzene ring substituents is 1. The molecular weight excluding hydrogens is 463 g/mol. The number of carbonyl (C=O) groups is 2. The molecule has 0 aliphatic carbocycles. The molecule has 0 fully saturated rings. The Morgan fingerprint density at radius 1 is 1.17 bits per heavy atom. The molecule has 2 aromatic carbocycles. The van der Waals surface area contributed by atoms with E-state index in [2.05, 4.69) is 5.32 Å². The van der Waals surface area contributed by atoms with Crippen LogP contribution in [-0.2, 0) is 9.53 Å². The quantitative estimate of drug-likeness (QED) is 0.280. The van der Waals surface area contributed by atoms with E-state index < -0.39 is 22.9 Å². The number of amides is 1. The minimum absolute atomic E-state index is 0.0180. The average Bonchev–Trinajstić information content (AvgIpc) is 2.98. The molecule has 11 heteroatoms. The third kappa shape index (κ3) is 4.62. The number of nitro groups is 1. The Balaban J connectivity index is 1.72. The van der Waals surface area contributed by atoms with Gasteiger partial charge in [0.2, 0.25) is 0 Å². The van der Waals surface area contributed by atoms with Crippen molar-refractivity contribution in [3.8, 4) is 0 Å². The van der Waals surface area contributed by atoms with Gasteiger partial charge in [-0.05, 0) is 25.1 Å². The first kappa shape index (κ1) is 21.3. The van der Waals surface area contributed by atoms with Crippen LogP contribution in [-0.4, -0.2) is 22.9 Å². The highest BCUT2D eigenvalue weighted by Gasteiger charge is 2.24. The summed E-state index contributed by atoms with van der Waals surface area (Å²) in [5, 5.41) is 14.6. The normalized spacial score (nSPS) is 11.9. The monoisotopic (exact) mass is 472 g/mol. The first-order valence-electron chi connectivity index (χ1n) is 8.00. The van der Waals surface area contributed by atoms with Crippen LogP contribution in [0.3, 0.4) is 0 Å². The molecular formula is C18H11Cl3N2O5S. The molecule has 3 aromatic rings. The second-order valence-corrected chi connectivity index (χ2v) is 8.12. The standard InChI is InChI=1S/C18H11Cl3N2O5S/c1-8(17(24)22-13-5-3-10(23(26)27)7-12(13)20)28-18(25)16-15(21)11-4-2-9(19)6-14(11)29-16/h2-8H,1H3,(H,22,24). The number of halogens is 3. The van der Waals surface area contributed by atoms with Crippen molar-refractivity contribution in [1.82, 2.24) is 0 Å². The van der Waals surface area contributed by atoms with Gasteiger partial charge in [0.1, 0.15) is 4.88 Å². The number of hydrogen-bond donors (Lipinski definition) is 1. The van der Waals surface area contributed by atoms with Gasteiger partial charge in [0, 0.05) is 27.2 Å². The molecule has 0 bridgehead atoms. The number of nitrogens with zero attached hydrogens (tertiary/aromatic N) is 1. The lowest BCUT2D eigenvalue weighted by Gasteiger charge is -2.13. The van der Waals surface area contributed by atoms with Gasteiger partial charge in [-0.25, -0.2) is 4.79 Å². The van der Waals surface area contributed by atoms with Crippen LogP contribution in [0, 0.1) is 10.1 Å². The lowest BCUT2D eigenvalue weighted by molar-refractivity contribution is -0.384. The van der Waals surface area contributed by atoms with E-state index in [-0.39, 0.29) is 26.3 Å². The van der Waals surface area contributed by atoms with Crippen molar-refractivity contribution in [2.75, 3.05) is 5.32 Å². The highest BCUT2D eigenvalue weighted by atomic mass is 35.5. The van der Waals surface area contributed by atoms with Crippen molar-refractivity contribution >= 4 is 79.5 Å². The number of nitrogens with one attached hydrogen (secondary N) is 1. The van der Waals surface area contributed by atoms with E-state index in [9.17, 15) is 19.7 Å². The zero-order valence-corrected chi connectivity index (χ0v) is 17.7. The fraction of sp³-hybridized carbons (Fsp3) is 0.111. The van der Waals surface area contributed by atoms with Gasteiger partial charge in [0.05, 0.1) is 20.7 Å². The maximum atomic E-state index is 12.5. The Morgan fingerprint density at radius 2 is 1.90 bits per heavy atom. The van der Waals surface area contributed by atoms with E-state index in [0.29, 0.717) is 15.1 Å². The van der Waals surface area contributed by atoms with Crippen LogP contribution in [0.2, 0.25) is 15.1 Å². The molecule has 29 heavy (non-hydrogen) atoms. The number of carbonyl (C=O) groups excluding carboxylic acids is 2. The third-order valence-electron chi connectivity index (χ3n) is 3.85. The highest BCUT2D eigenvalue weighted by Crippen LogP contribution is 2.37. The molecule has 0 radical (unpaired) electrons. The van der Waals surface area contributed by atoms with Crippen LogP contribution < -0.4 is 5.32 Å². The fourth-order valence-corrected chi connectivity index (χ4v) is 4.28. The number of ether oxygens (including phenoxy) is 1. The van der Waals surface area contributed by atoms with Gasteiger partial charge in [-0.3, -0.25) is 14.9 Å². The second-order valence-electron chi connectivity index (χ2n) is 5.84. The Hall–Kier alpha value is -2.39. The lowest BCUT2D eigenvalue weighted by atomic mass is 10.2. The molecule has 3 rings (SSSR count). The summed E-state index contributed by atoms with van der Waals surface area (Å²) in [5.74, 6) is -1.42. The Labute approximate surface area is 183 Å². The molecule has 1 N–H and O–H groups in total. The van der Waals surface area contributed by atoms with Gasteiger partial charge in [-0.15, -0.1) is 11.3 Å². The molecule has 1 unspecified atom stereocenters. The summed E-state index contributed by atoms with van der Waals surface area (Å²) in [5.41, 5.74) is -0.0633. The van der Waals surface area contributed by atoms with E-state index >= 15 is 0 Å². The largest absolute Gasteiger partial charge is 0.448 e. The zero-order chi connectivity index (χ0) is 21.3. The summed E-state index contributed by atoms with van der Waals surface area (Å²) in [4.78, 5) is 35.1.